The molecule has 0 amide bonds. The van der Waals surface area contributed by atoms with Crippen molar-refractivity contribution in [1.29, 1.82) is 0 Å². The third-order valence-corrected chi connectivity index (χ3v) is 2.65. The van der Waals surface area contributed by atoms with E-state index in [2.05, 4.69) is 0 Å². The summed E-state index contributed by atoms with van der Waals surface area (Å²) in [7, 11) is 0. The molecule has 2 rings (SSSR count). The van der Waals surface area contributed by atoms with E-state index < -0.39 is 27.0 Å². The van der Waals surface area contributed by atoms with Crippen LogP contribution in [0.3, 0.4) is 0 Å². The normalized spacial score (nSPS) is 10.2. The van der Waals surface area contributed by atoms with Gasteiger partial charge >= 0.3 is 5.69 Å². The smallest absolute Gasteiger partial charge is 0.313 e. The number of ether oxygens (including phenoxy) is 1. The van der Waals surface area contributed by atoms with Gasteiger partial charge < -0.3 is 4.74 Å². The van der Waals surface area contributed by atoms with E-state index in [-0.39, 0.29) is 16.5 Å². The average Bonchev–Trinajstić information content (AvgIpc) is 2.40. The summed E-state index contributed by atoms with van der Waals surface area (Å²) in [5.41, 5.74) is -0.962. The van der Waals surface area contributed by atoms with Gasteiger partial charge in [0.05, 0.1) is 22.0 Å². The summed E-state index contributed by atoms with van der Waals surface area (Å²) in [6, 6.07) is 6.18. The van der Waals surface area contributed by atoms with Crippen molar-refractivity contribution in [2.24, 2.45) is 0 Å². The molecule has 0 aliphatic heterocycles. The van der Waals surface area contributed by atoms with Crippen LogP contribution in [-0.4, -0.2) is 9.85 Å². The molecule has 0 aliphatic rings. The fourth-order valence-corrected chi connectivity index (χ4v) is 1.73. The highest BCUT2D eigenvalue weighted by molar-refractivity contribution is 6.30. The van der Waals surface area contributed by atoms with Crippen LogP contribution in [0, 0.1) is 26.0 Å². The first-order chi connectivity index (χ1) is 9.86. The molecular formula is C12H6ClFN2O5. The number of nitrogens with zero attached hydrogens (tertiary/aromatic N) is 2. The minimum atomic E-state index is -0.893. The Hall–Kier alpha value is -2.74. The van der Waals surface area contributed by atoms with Crippen molar-refractivity contribution in [2.75, 3.05) is 0 Å². The van der Waals surface area contributed by atoms with Crippen molar-refractivity contribution in [2.45, 2.75) is 0 Å². The summed E-state index contributed by atoms with van der Waals surface area (Å²) >= 11 is 5.65. The Morgan fingerprint density at radius 1 is 1.05 bits per heavy atom. The fraction of sp³-hybridized carbons (Fsp3) is 0. The lowest BCUT2D eigenvalue weighted by Crippen LogP contribution is -1.95. The van der Waals surface area contributed by atoms with E-state index in [1.165, 1.54) is 12.1 Å². The Bertz CT molecular complexity index is 738. The number of benzene rings is 2. The minimum absolute atomic E-state index is 0.124. The standard InChI is InChI=1S/C12H6ClFN2O5/c13-7-1-2-12(11(3-7)16(19)20)21-10-5-8(14)4-9(6-10)15(17)18/h1-6H. The highest BCUT2D eigenvalue weighted by Gasteiger charge is 2.18. The second kappa shape index (κ2) is 5.71. The van der Waals surface area contributed by atoms with Crippen molar-refractivity contribution in [3.63, 3.8) is 0 Å². The van der Waals surface area contributed by atoms with Crippen molar-refractivity contribution < 1.29 is 19.0 Å². The molecule has 0 radical (unpaired) electrons. The summed E-state index contributed by atoms with van der Waals surface area (Å²) in [5, 5.41) is 21.7. The van der Waals surface area contributed by atoms with Gasteiger partial charge in [0, 0.05) is 17.2 Å². The van der Waals surface area contributed by atoms with Gasteiger partial charge in [-0.05, 0) is 12.1 Å². The number of hydrogen-bond donors (Lipinski definition) is 0. The Morgan fingerprint density at radius 2 is 1.76 bits per heavy atom. The average molecular weight is 313 g/mol. The molecule has 21 heavy (non-hydrogen) atoms. The summed E-state index contributed by atoms with van der Waals surface area (Å²) in [4.78, 5) is 20.0. The molecule has 0 aromatic heterocycles. The van der Waals surface area contributed by atoms with Gasteiger partial charge in [0.2, 0.25) is 5.75 Å². The summed E-state index contributed by atoms with van der Waals surface area (Å²) < 4.78 is 18.4. The highest BCUT2D eigenvalue weighted by Crippen LogP contribution is 2.34. The first-order valence-corrected chi connectivity index (χ1v) is 5.81. The lowest BCUT2D eigenvalue weighted by atomic mass is 10.2. The third-order valence-electron chi connectivity index (χ3n) is 2.41. The van der Waals surface area contributed by atoms with Crippen LogP contribution in [-0.2, 0) is 0 Å². The van der Waals surface area contributed by atoms with Crippen LogP contribution in [0.15, 0.2) is 36.4 Å². The first kappa shape index (κ1) is 14.7. The summed E-state index contributed by atoms with van der Waals surface area (Å²) in [6.45, 7) is 0. The van der Waals surface area contributed by atoms with Gasteiger partial charge in [-0.2, -0.15) is 0 Å². The molecule has 2 aromatic rings. The van der Waals surface area contributed by atoms with E-state index in [1.807, 2.05) is 0 Å². The predicted molar refractivity (Wildman–Crippen MR) is 71.2 cm³/mol. The highest BCUT2D eigenvalue weighted by atomic mass is 35.5. The number of halogens is 2. The molecule has 0 heterocycles. The van der Waals surface area contributed by atoms with Gasteiger partial charge in [0.25, 0.3) is 5.69 Å². The molecule has 0 unspecified atom stereocenters. The number of rotatable bonds is 4. The van der Waals surface area contributed by atoms with Crippen molar-refractivity contribution >= 4 is 23.0 Å². The molecule has 9 heteroatoms. The quantitative estimate of drug-likeness (QED) is 0.626. The number of nitro benzene ring substituents is 2. The molecule has 108 valence electrons. The molecule has 0 saturated carbocycles. The van der Waals surface area contributed by atoms with Crippen LogP contribution in [0.4, 0.5) is 15.8 Å². The van der Waals surface area contributed by atoms with E-state index in [0.717, 1.165) is 18.2 Å². The van der Waals surface area contributed by atoms with Gasteiger partial charge in [-0.3, -0.25) is 20.2 Å². The van der Waals surface area contributed by atoms with Gasteiger partial charge in [-0.15, -0.1) is 0 Å². The van der Waals surface area contributed by atoms with Crippen LogP contribution in [0.2, 0.25) is 5.02 Å². The van der Waals surface area contributed by atoms with Gasteiger partial charge in [-0.25, -0.2) is 4.39 Å². The fourth-order valence-electron chi connectivity index (χ4n) is 1.56. The van der Waals surface area contributed by atoms with Gasteiger partial charge in [-0.1, -0.05) is 11.6 Å². The van der Waals surface area contributed by atoms with Crippen molar-refractivity contribution in [3.05, 3.63) is 67.5 Å². The third kappa shape index (κ3) is 3.42. The molecule has 0 bridgehead atoms. The van der Waals surface area contributed by atoms with E-state index >= 15 is 0 Å². The predicted octanol–water partition coefficient (Wildman–Crippen LogP) is 4.09. The molecule has 0 N–H and O–H groups in total. The van der Waals surface area contributed by atoms with Gasteiger partial charge in [0.15, 0.2) is 0 Å². The second-order valence-corrected chi connectivity index (χ2v) is 4.31. The molecular weight excluding hydrogens is 307 g/mol. The minimum Gasteiger partial charge on any atom is -0.450 e. The largest absolute Gasteiger partial charge is 0.450 e. The lowest BCUT2D eigenvalue weighted by molar-refractivity contribution is -0.386. The molecule has 0 spiro atoms. The van der Waals surface area contributed by atoms with Crippen LogP contribution in [0.1, 0.15) is 0 Å². The van der Waals surface area contributed by atoms with Crippen LogP contribution < -0.4 is 4.74 Å². The zero-order valence-electron chi connectivity index (χ0n) is 10.2. The number of non-ortho nitro benzene ring substituents is 1. The number of nitro groups is 2. The number of hydrogen-bond acceptors (Lipinski definition) is 5. The summed E-state index contributed by atoms with van der Waals surface area (Å²) in [5.74, 6) is -1.33. The van der Waals surface area contributed by atoms with Gasteiger partial charge in [0.1, 0.15) is 11.6 Å². The van der Waals surface area contributed by atoms with E-state index in [4.69, 9.17) is 16.3 Å². The molecule has 0 atom stereocenters. The monoisotopic (exact) mass is 312 g/mol. The van der Waals surface area contributed by atoms with Crippen molar-refractivity contribution in [1.82, 2.24) is 0 Å². The maximum Gasteiger partial charge on any atom is 0.313 e. The Morgan fingerprint density at radius 3 is 2.38 bits per heavy atom. The van der Waals surface area contributed by atoms with E-state index in [9.17, 15) is 24.6 Å². The first-order valence-electron chi connectivity index (χ1n) is 5.43. The summed E-state index contributed by atoms with van der Waals surface area (Å²) in [6.07, 6.45) is 0. The van der Waals surface area contributed by atoms with Crippen molar-refractivity contribution in [3.8, 4) is 11.5 Å². The van der Waals surface area contributed by atoms with E-state index in [1.54, 1.807) is 0 Å². The molecule has 7 nitrogen and oxygen atoms in total. The molecule has 2 aromatic carbocycles. The Balaban J connectivity index is 2.43. The SMILES string of the molecule is O=[N+]([O-])c1cc(F)cc(Oc2ccc(Cl)cc2[N+](=O)[O-])c1. The topological polar surface area (TPSA) is 95.5 Å². The molecule has 0 fully saturated rings. The lowest BCUT2D eigenvalue weighted by Gasteiger charge is -2.06. The van der Waals surface area contributed by atoms with Crippen LogP contribution >= 0.6 is 11.6 Å². The Kier molecular flexibility index (Phi) is 3.99. The zero-order valence-corrected chi connectivity index (χ0v) is 10.9. The molecule has 0 saturated heterocycles. The second-order valence-electron chi connectivity index (χ2n) is 3.87. The van der Waals surface area contributed by atoms with E-state index in [0.29, 0.717) is 6.07 Å². The van der Waals surface area contributed by atoms with Crippen LogP contribution in [0.5, 0.6) is 11.5 Å². The zero-order chi connectivity index (χ0) is 15.6. The Labute approximate surface area is 121 Å². The maximum absolute atomic E-state index is 13.3. The van der Waals surface area contributed by atoms with Crippen LogP contribution in [0.25, 0.3) is 0 Å². The maximum atomic E-state index is 13.3. The molecule has 0 aliphatic carbocycles.